The van der Waals surface area contributed by atoms with E-state index in [-0.39, 0.29) is 6.10 Å². The first-order chi connectivity index (χ1) is 12.8. The molecule has 0 spiro atoms. The summed E-state index contributed by atoms with van der Waals surface area (Å²) in [5.41, 5.74) is 3.62. The largest absolute Gasteiger partial charge is 0.488 e. The standard InChI is InChI=1S/C21H27N3O2/c1-3-22-21(23-13-17-9-4-5-10-18(17)15-25-2)24-14-19-12-16-8-6-7-11-20(16)26-19/h4-11,19H,3,12-15H2,1-2H3,(H2,22,23,24). The lowest BCUT2D eigenvalue weighted by Gasteiger charge is -2.16. The van der Waals surface area contributed by atoms with E-state index in [2.05, 4.69) is 41.8 Å². The summed E-state index contributed by atoms with van der Waals surface area (Å²) in [6.45, 7) is 4.82. The van der Waals surface area contributed by atoms with Crippen LogP contribution in [0.4, 0.5) is 0 Å². The molecule has 1 unspecified atom stereocenters. The van der Waals surface area contributed by atoms with Gasteiger partial charge in [-0.3, -0.25) is 0 Å². The maximum Gasteiger partial charge on any atom is 0.191 e. The molecule has 1 atom stereocenters. The van der Waals surface area contributed by atoms with Crippen molar-refractivity contribution < 1.29 is 9.47 Å². The molecule has 0 fully saturated rings. The van der Waals surface area contributed by atoms with Crippen LogP contribution in [0.1, 0.15) is 23.6 Å². The fourth-order valence-corrected chi connectivity index (χ4v) is 3.09. The number of nitrogens with zero attached hydrogens (tertiary/aromatic N) is 1. The third-order valence-electron chi connectivity index (χ3n) is 4.38. The van der Waals surface area contributed by atoms with Crippen molar-refractivity contribution in [2.24, 2.45) is 4.99 Å². The van der Waals surface area contributed by atoms with Gasteiger partial charge in [-0.05, 0) is 29.7 Å². The van der Waals surface area contributed by atoms with E-state index in [0.29, 0.717) is 13.2 Å². The predicted octanol–water partition coefficient (Wildman–Crippen LogP) is 2.89. The summed E-state index contributed by atoms with van der Waals surface area (Å²) in [5, 5.41) is 6.70. The summed E-state index contributed by atoms with van der Waals surface area (Å²) in [7, 11) is 1.71. The molecular formula is C21H27N3O2. The van der Waals surface area contributed by atoms with Gasteiger partial charge in [0.2, 0.25) is 0 Å². The molecule has 26 heavy (non-hydrogen) atoms. The van der Waals surface area contributed by atoms with Crippen molar-refractivity contribution in [1.82, 2.24) is 10.6 Å². The number of guanidine groups is 1. The maximum absolute atomic E-state index is 5.99. The number of methoxy groups -OCH3 is 1. The molecule has 138 valence electrons. The van der Waals surface area contributed by atoms with E-state index >= 15 is 0 Å². The number of nitrogens with one attached hydrogen (secondary N) is 2. The van der Waals surface area contributed by atoms with Gasteiger partial charge in [-0.15, -0.1) is 0 Å². The van der Waals surface area contributed by atoms with Gasteiger partial charge in [0.15, 0.2) is 5.96 Å². The van der Waals surface area contributed by atoms with Crippen molar-refractivity contribution in [2.45, 2.75) is 32.6 Å². The lowest BCUT2D eigenvalue weighted by atomic mass is 10.1. The second-order valence-electron chi connectivity index (χ2n) is 6.33. The number of rotatable bonds is 7. The number of aliphatic imine (C=N–C) groups is 1. The maximum atomic E-state index is 5.99. The van der Waals surface area contributed by atoms with Gasteiger partial charge in [0.1, 0.15) is 11.9 Å². The summed E-state index contributed by atoms with van der Waals surface area (Å²) in [6.07, 6.45) is 1.07. The Hall–Kier alpha value is -2.53. The molecule has 2 aromatic rings. The van der Waals surface area contributed by atoms with E-state index in [4.69, 9.17) is 14.5 Å². The molecule has 1 heterocycles. The van der Waals surface area contributed by atoms with Crippen LogP contribution < -0.4 is 15.4 Å². The zero-order valence-corrected chi connectivity index (χ0v) is 15.5. The smallest absolute Gasteiger partial charge is 0.191 e. The molecule has 0 amide bonds. The van der Waals surface area contributed by atoms with Crippen molar-refractivity contribution in [1.29, 1.82) is 0 Å². The first kappa shape index (κ1) is 18.3. The molecule has 0 radical (unpaired) electrons. The van der Waals surface area contributed by atoms with E-state index in [9.17, 15) is 0 Å². The fraction of sp³-hybridized carbons (Fsp3) is 0.381. The van der Waals surface area contributed by atoms with E-state index in [0.717, 1.165) is 31.2 Å². The number of hydrogen-bond donors (Lipinski definition) is 2. The Kier molecular flexibility index (Phi) is 6.50. The first-order valence-electron chi connectivity index (χ1n) is 9.12. The minimum atomic E-state index is 0.136. The number of hydrogen-bond acceptors (Lipinski definition) is 3. The van der Waals surface area contributed by atoms with Crippen molar-refractivity contribution in [2.75, 3.05) is 20.2 Å². The molecule has 1 aliphatic rings. The Labute approximate surface area is 155 Å². The molecular weight excluding hydrogens is 326 g/mol. The summed E-state index contributed by atoms with van der Waals surface area (Å²) < 4.78 is 11.3. The third kappa shape index (κ3) is 4.76. The van der Waals surface area contributed by atoms with Gasteiger partial charge >= 0.3 is 0 Å². The predicted molar refractivity (Wildman–Crippen MR) is 105 cm³/mol. The third-order valence-corrected chi connectivity index (χ3v) is 4.38. The number of ether oxygens (including phenoxy) is 2. The molecule has 5 nitrogen and oxygen atoms in total. The van der Waals surface area contributed by atoms with Gasteiger partial charge in [-0.25, -0.2) is 4.99 Å². The lowest BCUT2D eigenvalue weighted by molar-refractivity contribution is 0.184. The average molecular weight is 353 g/mol. The monoisotopic (exact) mass is 353 g/mol. The van der Waals surface area contributed by atoms with E-state index in [1.807, 2.05) is 24.3 Å². The van der Waals surface area contributed by atoms with E-state index in [1.165, 1.54) is 16.7 Å². The Morgan fingerprint density at radius 3 is 2.65 bits per heavy atom. The van der Waals surface area contributed by atoms with Crippen LogP contribution in [0.15, 0.2) is 53.5 Å². The number of fused-ring (bicyclic) bond motifs is 1. The van der Waals surface area contributed by atoms with Gasteiger partial charge in [-0.2, -0.15) is 0 Å². The molecule has 5 heteroatoms. The van der Waals surface area contributed by atoms with Crippen LogP contribution in [0.2, 0.25) is 0 Å². The summed E-state index contributed by atoms with van der Waals surface area (Å²) in [6, 6.07) is 16.5. The molecule has 0 aliphatic carbocycles. The SMILES string of the molecule is CCNC(=NCc1ccccc1COC)NCC1Cc2ccccc2O1. The highest BCUT2D eigenvalue weighted by Crippen LogP contribution is 2.27. The topological polar surface area (TPSA) is 54.9 Å². The van der Waals surface area contributed by atoms with Crippen molar-refractivity contribution in [3.63, 3.8) is 0 Å². The molecule has 3 rings (SSSR count). The second-order valence-corrected chi connectivity index (χ2v) is 6.33. The molecule has 0 saturated heterocycles. The zero-order chi connectivity index (χ0) is 18.2. The van der Waals surface area contributed by atoms with Crippen LogP contribution in [-0.4, -0.2) is 32.3 Å². The second kappa shape index (κ2) is 9.25. The highest BCUT2D eigenvalue weighted by Gasteiger charge is 2.22. The lowest BCUT2D eigenvalue weighted by Crippen LogP contribution is -2.42. The Bertz CT molecular complexity index is 721. The highest BCUT2D eigenvalue weighted by atomic mass is 16.5. The number of para-hydroxylation sites is 1. The normalized spacial score (nSPS) is 16.1. The van der Waals surface area contributed by atoms with Gasteiger partial charge in [0, 0.05) is 20.1 Å². The highest BCUT2D eigenvalue weighted by molar-refractivity contribution is 5.79. The van der Waals surface area contributed by atoms with E-state index in [1.54, 1.807) is 7.11 Å². The first-order valence-corrected chi connectivity index (χ1v) is 9.12. The summed E-state index contributed by atoms with van der Waals surface area (Å²) in [4.78, 5) is 4.72. The molecule has 1 aliphatic heterocycles. The van der Waals surface area contributed by atoms with Gasteiger partial charge in [0.05, 0.1) is 19.7 Å². The van der Waals surface area contributed by atoms with Crippen LogP contribution in [0.25, 0.3) is 0 Å². The van der Waals surface area contributed by atoms with Crippen LogP contribution in [0.3, 0.4) is 0 Å². The number of benzene rings is 2. The molecule has 0 bridgehead atoms. The van der Waals surface area contributed by atoms with Gasteiger partial charge in [0.25, 0.3) is 0 Å². The fourth-order valence-electron chi connectivity index (χ4n) is 3.09. The van der Waals surface area contributed by atoms with Crippen LogP contribution in [0, 0.1) is 0 Å². The molecule has 0 aromatic heterocycles. The average Bonchev–Trinajstić information content (AvgIpc) is 3.08. The molecule has 2 N–H and O–H groups in total. The minimum Gasteiger partial charge on any atom is -0.488 e. The Morgan fingerprint density at radius 1 is 1.12 bits per heavy atom. The molecule has 0 saturated carbocycles. The van der Waals surface area contributed by atoms with E-state index < -0.39 is 0 Å². The van der Waals surface area contributed by atoms with Gasteiger partial charge < -0.3 is 20.1 Å². The Balaban J connectivity index is 1.58. The minimum absolute atomic E-state index is 0.136. The summed E-state index contributed by atoms with van der Waals surface area (Å²) in [5.74, 6) is 1.80. The van der Waals surface area contributed by atoms with Crippen molar-refractivity contribution in [3.05, 3.63) is 65.2 Å². The van der Waals surface area contributed by atoms with Crippen molar-refractivity contribution in [3.8, 4) is 5.75 Å². The van der Waals surface area contributed by atoms with Gasteiger partial charge in [-0.1, -0.05) is 42.5 Å². The van der Waals surface area contributed by atoms with Crippen LogP contribution in [0.5, 0.6) is 5.75 Å². The molecule has 2 aromatic carbocycles. The van der Waals surface area contributed by atoms with Crippen LogP contribution in [-0.2, 0) is 24.3 Å². The summed E-state index contributed by atoms with van der Waals surface area (Å²) >= 11 is 0. The zero-order valence-electron chi connectivity index (χ0n) is 15.5. The quantitative estimate of drug-likeness (QED) is 0.594. The Morgan fingerprint density at radius 2 is 1.88 bits per heavy atom. The van der Waals surface area contributed by atoms with Crippen molar-refractivity contribution >= 4 is 5.96 Å². The van der Waals surface area contributed by atoms with Crippen LogP contribution >= 0.6 is 0 Å².